The molecule has 0 spiro atoms. The summed E-state index contributed by atoms with van der Waals surface area (Å²) in [4.78, 5) is 31.4. The quantitative estimate of drug-likeness (QED) is 0.399. The molecule has 5 N–H and O–H groups in total. The highest BCUT2D eigenvalue weighted by Gasteiger charge is 2.34. The molecule has 0 saturated carbocycles. The average molecular weight is 419 g/mol. The average Bonchev–Trinajstić information content (AvgIpc) is 3.14. The molecule has 4 aromatic rings. The van der Waals surface area contributed by atoms with Crippen molar-refractivity contribution in [2.24, 2.45) is 0 Å². The number of hydrogen-bond donors (Lipinski definition) is 4. The highest BCUT2D eigenvalue weighted by molar-refractivity contribution is 5.85. The van der Waals surface area contributed by atoms with Gasteiger partial charge in [-0.15, -0.1) is 0 Å². The summed E-state index contributed by atoms with van der Waals surface area (Å²) in [6, 6.07) is 14.4. The summed E-state index contributed by atoms with van der Waals surface area (Å²) in [7, 11) is 0. The summed E-state index contributed by atoms with van der Waals surface area (Å²) in [5, 5.41) is 14.3. The predicted octanol–water partition coefficient (Wildman–Crippen LogP) is 1.32. The molecule has 0 saturated heterocycles. The zero-order valence-electron chi connectivity index (χ0n) is 17.0. The fraction of sp³-hybridized carbons (Fsp3) is 0.217. The van der Waals surface area contributed by atoms with Crippen molar-refractivity contribution in [3.05, 3.63) is 86.2 Å². The first-order valence-electron chi connectivity index (χ1n) is 10.3. The lowest BCUT2D eigenvalue weighted by Gasteiger charge is -2.22. The molecule has 0 bridgehead atoms. The molecule has 1 aliphatic heterocycles. The van der Waals surface area contributed by atoms with Crippen LogP contribution in [0, 0.1) is 0 Å². The van der Waals surface area contributed by atoms with Gasteiger partial charge < -0.3 is 20.1 Å². The highest BCUT2D eigenvalue weighted by atomic mass is 16.5. The highest BCUT2D eigenvalue weighted by Crippen LogP contribution is 2.33. The van der Waals surface area contributed by atoms with Gasteiger partial charge in [-0.25, -0.2) is 9.36 Å². The van der Waals surface area contributed by atoms with Gasteiger partial charge in [-0.2, -0.15) is 0 Å². The minimum absolute atomic E-state index is 0.137. The van der Waals surface area contributed by atoms with Crippen LogP contribution in [0.4, 0.5) is 0 Å². The number of ether oxygens (including phenoxy) is 1. The minimum atomic E-state index is -0.717. The number of fused-ring (bicyclic) bond motifs is 3. The number of aromatic nitrogens is 3. The SMILES string of the molecule is CCOc1ccccc1-n1c(O)c([C@H]2[NH2+]CCc3c2[nH]c2ccccc32)c(=O)[nH]c1=O. The Morgan fingerprint density at radius 1 is 1.13 bits per heavy atom. The largest absolute Gasteiger partial charge is 0.494 e. The van der Waals surface area contributed by atoms with Gasteiger partial charge >= 0.3 is 5.69 Å². The normalized spacial score (nSPS) is 15.7. The second kappa shape index (κ2) is 7.48. The first-order chi connectivity index (χ1) is 15.1. The Balaban J connectivity index is 1.74. The molecule has 8 nitrogen and oxygen atoms in total. The summed E-state index contributed by atoms with van der Waals surface area (Å²) in [5.41, 5.74) is 2.19. The summed E-state index contributed by atoms with van der Waals surface area (Å²) in [6.07, 6.45) is 0.849. The fourth-order valence-electron chi connectivity index (χ4n) is 4.49. The predicted molar refractivity (Wildman–Crippen MR) is 116 cm³/mol. The van der Waals surface area contributed by atoms with Crippen LogP contribution in [0.3, 0.4) is 0 Å². The second-order valence-corrected chi connectivity index (χ2v) is 7.55. The van der Waals surface area contributed by atoms with Crippen LogP contribution >= 0.6 is 0 Å². The second-order valence-electron chi connectivity index (χ2n) is 7.55. The maximum absolute atomic E-state index is 12.9. The zero-order valence-corrected chi connectivity index (χ0v) is 17.0. The third-order valence-corrected chi connectivity index (χ3v) is 5.79. The van der Waals surface area contributed by atoms with Crippen molar-refractivity contribution >= 4 is 10.9 Å². The minimum Gasteiger partial charge on any atom is -0.494 e. The Labute approximate surface area is 177 Å². The molecule has 158 valence electrons. The van der Waals surface area contributed by atoms with Gasteiger partial charge in [0.25, 0.3) is 5.56 Å². The smallest absolute Gasteiger partial charge is 0.335 e. The van der Waals surface area contributed by atoms with Crippen LogP contribution in [0.5, 0.6) is 11.6 Å². The molecule has 8 heteroatoms. The van der Waals surface area contributed by atoms with Gasteiger partial charge in [0, 0.05) is 17.3 Å². The number of nitrogens with zero attached hydrogens (tertiary/aromatic N) is 1. The topological polar surface area (TPSA) is 117 Å². The maximum atomic E-state index is 12.9. The standard InChI is InChI=1S/C23H22N4O4/c1-2-31-17-10-6-5-9-16(17)27-22(29)18(21(28)26-23(27)30)20-19-14(11-12-24-20)13-7-3-4-8-15(13)25-19/h3-10,20,24-25,29H,2,11-12H2,1H3,(H,26,28,30)/p+1/t20-/m1/s1. The zero-order chi connectivity index (χ0) is 21.5. The van der Waals surface area contributed by atoms with E-state index in [4.69, 9.17) is 4.74 Å². The van der Waals surface area contributed by atoms with E-state index in [0.717, 1.165) is 39.7 Å². The van der Waals surface area contributed by atoms with Gasteiger partial charge in [0.2, 0.25) is 5.88 Å². The van der Waals surface area contributed by atoms with Gasteiger partial charge in [-0.05, 0) is 30.7 Å². The van der Waals surface area contributed by atoms with Crippen LogP contribution < -0.4 is 21.3 Å². The first-order valence-corrected chi connectivity index (χ1v) is 10.3. The van der Waals surface area contributed by atoms with E-state index >= 15 is 0 Å². The lowest BCUT2D eigenvalue weighted by atomic mass is 9.95. The molecule has 2 aromatic carbocycles. The van der Waals surface area contributed by atoms with E-state index in [1.54, 1.807) is 24.3 Å². The molecule has 1 atom stereocenters. The van der Waals surface area contributed by atoms with Crippen molar-refractivity contribution in [2.45, 2.75) is 19.4 Å². The van der Waals surface area contributed by atoms with Gasteiger partial charge in [-0.3, -0.25) is 9.78 Å². The Hall–Kier alpha value is -3.78. The van der Waals surface area contributed by atoms with Gasteiger partial charge in [0.05, 0.1) is 24.5 Å². The van der Waals surface area contributed by atoms with Gasteiger partial charge in [0.15, 0.2) is 6.04 Å². The molecular weight excluding hydrogens is 396 g/mol. The third-order valence-electron chi connectivity index (χ3n) is 5.79. The molecule has 0 radical (unpaired) electrons. The lowest BCUT2D eigenvalue weighted by Crippen LogP contribution is -2.87. The van der Waals surface area contributed by atoms with Gasteiger partial charge in [0.1, 0.15) is 11.3 Å². The van der Waals surface area contributed by atoms with E-state index in [2.05, 4.69) is 16.0 Å². The van der Waals surface area contributed by atoms with Crippen molar-refractivity contribution in [1.29, 1.82) is 0 Å². The van der Waals surface area contributed by atoms with Crippen molar-refractivity contribution in [3.63, 3.8) is 0 Å². The summed E-state index contributed by atoms with van der Waals surface area (Å²) < 4.78 is 6.74. The number of nitrogens with one attached hydrogen (secondary N) is 2. The monoisotopic (exact) mass is 419 g/mol. The Bertz CT molecular complexity index is 1400. The number of nitrogens with two attached hydrogens (primary N) is 1. The molecule has 2 aromatic heterocycles. The number of rotatable bonds is 4. The summed E-state index contributed by atoms with van der Waals surface area (Å²) >= 11 is 0. The lowest BCUT2D eigenvalue weighted by molar-refractivity contribution is -0.690. The fourth-order valence-corrected chi connectivity index (χ4v) is 4.49. The third kappa shape index (κ3) is 3.03. The van der Waals surface area contributed by atoms with Crippen LogP contribution in [-0.4, -0.2) is 32.8 Å². The molecule has 0 aliphatic carbocycles. The van der Waals surface area contributed by atoms with Crippen molar-refractivity contribution in [2.75, 3.05) is 13.2 Å². The number of H-pyrrole nitrogens is 2. The van der Waals surface area contributed by atoms with Crippen LogP contribution in [-0.2, 0) is 6.42 Å². The number of aromatic hydroxyl groups is 1. The van der Waals surface area contributed by atoms with E-state index in [9.17, 15) is 14.7 Å². The number of para-hydroxylation sites is 3. The van der Waals surface area contributed by atoms with E-state index in [0.29, 0.717) is 18.0 Å². The van der Waals surface area contributed by atoms with Crippen LogP contribution in [0.2, 0.25) is 0 Å². The van der Waals surface area contributed by atoms with Crippen LogP contribution in [0.1, 0.15) is 29.8 Å². The van der Waals surface area contributed by atoms with E-state index in [1.165, 1.54) is 0 Å². The molecule has 5 rings (SSSR count). The Kier molecular flexibility index (Phi) is 4.63. The van der Waals surface area contributed by atoms with Gasteiger partial charge in [-0.1, -0.05) is 30.3 Å². The van der Waals surface area contributed by atoms with E-state index in [1.807, 2.05) is 30.4 Å². The number of hydrogen-bond acceptors (Lipinski definition) is 4. The Morgan fingerprint density at radius 2 is 1.90 bits per heavy atom. The Morgan fingerprint density at radius 3 is 2.74 bits per heavy atom. The molecule has 0 unspecified atom stereocenters. The molecule has 3 heterocycles. The molecular formula is C23H23N4O4+. The molecule has 0 amide bonds. The maximum Gasteiger partial charge on any atom is 0.335 e. The van der Waals surface area contributed by atoms with E-state index < -0.39 is 17.3 Å². The van der Waals surface area contributed by atoms with Crippen LogP contribution in [0.15, 0.2) is 58.1 Å². The first kappa shape index (κ1) is 19.2. The number of quaternary nitrogens is 1. The van der Waals surface area contributed by atoms with Crippen molar-refractivity contribution < 1.29 is 15.2 Å². The summed E-state index contributed by atoms with van der Waals surface area (Å²) in [6.45, 7) is 3.00. The molecule has 0 fully saturated rings. The van der Waals surface area contributed by atoms with Crippen LogP contribution in [0.25, 0.3) is 16.6 Å². The number of benzene rings is 2. The molecule has 1 aliphatic rings. The number of aromatic amines is 2. The van der Waals surface area contributed by atoms with Crippen molar-refractivity contribution in [3.8, 4) is 17.3 Å². The summed E-state index contributed by atoms with van der Waals surface area (Å²) in [5.74, 6) is 0.0629. The van der Waals surface area contributed by atoms with E-state index in [-0.39, 0.29) is 11.4 Å². The molecule has 31 heavy (non-hydrogen) atoms. The van der Waals surface area contributed by atoms with Crippen molar-refractivity contribution in [1.82, 2.24) is 14.5 Å².